The summed E-state index contributed by atoms with van der Waals surface area (Å²) in [5.41, 5.74) is 0. The van der Waals surface area contributed by atoms with E-state index in [9.17, 15) is 4.39 Å². The van der Waals surface area contributed by atoms with E-state index in [0.29, 0.717) is 5.82 Å². The molecule has 12 heavy (non-hydrogen) atoms. The Labute approximate surface area is 70.4 Å². The van der Waals surface area contributed by atoms with Gasteiger partial charge in [0.15, 0.2) is 0 Å². The van der Waals surface area contributed by atoms with E-state index in [0.717, 1.165) is 0 Å². The van der Waals surface area contributed by atoms with Crippen LogP contribution in [0.2, 0.25) is 0 Å². The second-order valence-corrected chi connectivity index (χ2v) is 2.39. The van der Waals surface area contributed by atoms with Crippen molar-refractivity contribution in [3.8, 4) is 0 Å². The van der Waals surface area contributed by atoms with Crippen molar-refractivity contribution in [1.82, 2.24) is 9.97 Å². The van der Waals surface area contributed by atoms with Gasteiger partial charge >= 0.3 is 0 Å². The molecule has 0 fully saturated rings. The highest BCUT2D eigenvalue weighted by atomic mass is 19.1. The minimum atomic E-state index is -0.538. The number of aromatic nitrogens is 2. The van der Waals surface area contributed by atoms with Gasteiger partial charge in [0.2, 0.25) is 5.95 Å². The Kier molecular flexibility index (Phi) is 2.74. The number of hydrogen-bond acceptors (Lipinski definition) is 3. The number of anilines is 1. The number of halogens is 1. The van der Waals surface area contributed by atoms with Gasteiger partial charge in [0, 0.05) is 12.1 Å². The minimum Gasteiger partial charge on any atom is -0.364 e. The van der Waals surface area contributed by atoms with E-state index < -0.39 is 5.95 Å². The Morgan fingerprint density at radius 1 is 1.67 bits per heavy atom. The highest BCUT2D eigenvalue weighted by Gasteiger charge is 1.99. The Morgan fingerprint density at radius 2 is 2.42 bits per heavy atom. The lowest BCUT2D eigenvalue weighted by atomic mass is 10.3. The first kappa shape index (κ1) is 8.64. The van der Waals surface area contributed by atoms with E-state index in [1.165, 1.54) is 12.4 Å². The molecule has 1 aromatic heterocycles. The highest BCUT2D eigenvalue weighted by molar-refractivity contribution is 5.34. The second-order valence-electron chi connectivity index (χ2n) is 2.39. The highest BCUT2D eigenvalue weighted by Crippen LogP contribution is 2.04. The van der Waals surface area contributed by atoms with Gasteiger partial charge in [0.1, 0.15) is 12.1 Å². The van der Waals surface area contributed by atoms with Crippen LogP contribution in [0.3, 0.4) is 0 Å². The van der Waals surface area contributed by atoms with Crippen LogP contribution in [-0.2, 0) is 0 Å². The van der Waals surface area contributed by atoms with Gasteiger partial charge in [0.25, 0.3) is 0 Å². The molecule has 1 heterocycles. The summed E-state index contributed by atoms with van der Waals surface area (Å²) in [4.78, 5) is 7.15. The lowest BCUT2D eigenvalue weighted by Crippen LogP contribution is -2.12. The van der Waals surface area contributed by atoms with Crippen LogP contribution < -0.4 is 5.32 Å². The zero-order valence-corrected chi connectivity index (χ0v) is 6.79. The Bertz CT molecular complexity index is 275. The molecule has 3 nitrogen and oxygen atoms in total. The predicted octanol–water partition coefficient (Wildman–Crippen LogP) is 1.60. The number of rotatable bonds is 3. The molecule has 1 N–H and O–H groups in total. The van der Waals surface area contributed by atoms with Gasteiger partial charge in [-0.2, -0.15) is 4.39 Å². The normalized spacial score (nSPS) is 12.2. The first-order valence-electron chi connectivity index (χ1n) is 3.59. The van der Waals surface area contributed by atoms with Gasteiger partial charge in [0.05, 0.1) is 0 Å². The molecule has 0 saturated carbocycles. The molecule has 1 rings (SSSR count). The lowest BCUT2D eigenvalue weighted by molar-refractivity contribution is 0.580. The fourth-order valence-corrected chi connectivity index (χ4v) is 0.705. The Morgan fingerprint density at radius 3 is 3.00 bits per heavy atom. The standard InChI is InChI=1S/C8H10FN3/c1-3-6(2)12-8-4-7(9)10-5-11-8/h3-6H,1H2,2H3,(H,10,11,12). The smallest absolute Gasteiger partial charge is 0.217 e. The van der Waals surface area contributed by atoms with Crippen LogP contribution in [-0.4, -0.2) is 16.0 Å². The first-order valence-corrected chi connectivity index (χ1v) is 3.59. The first-order chi connectivity index (χ1) is 5.72. The summed E-state index contributed by atoms with van der Waals surface area (Å²) in [7, 11) is 0. The molecule has 0 amide bonds. The third kappa shape index (κ3) is 2.30. The molecule has 0 aliphatic carbocycles. The molecule has 1 aromatic rings. The fraction of sp³-hybridized carbons (Fsp3) is 0.250. The van der Waals surface area contributed by atoms with Crippen molar-refractivity contribution < 1.29 is 4.39 Å². The molecular weight excluding hydrogens is 157 g/mol. The quantitative estimate of drug-likeness (QED) is 0.549. The van der Waals surface area contributed by atoms with Crippen LogP contribution in [0.4, 0.5) is 10.2 Å². The molecule has 0 spiro atoms. The third-order valence-corrected chi connectivity index (χ3v) is 1.36. The maximum atomic E-state index is 12.5. The Hall–Kier alpha value is -1.45. The van der Waals surface area contributed by atoms with E-state index in [2.05, 4.69) is 21.9 Å². The van der Waals surface area contributed by atoms with E-state index in [1.54, 1.807) is 6.08 Å². The van der Waals surface area contributed by atoms with E-state index in [1.807, 2.05) is 6.92 Å². The largest absolute Gasteiger partial charge is 0.364 e. The maximum absolute atomic E-state index is 12.5. The van der Waals surface area contributed by atoms with E-state index in [4.69, 9.17) is 0 Å². The zero-order valence-electron chi connectivity index (χ0n) is 6.79. The molecule has 0 aliphatic heterocycles. The van der Waals surface area contributed by atoms with Gasteiger partial charge < -0.3 is 5.32 Å². The van der Waals surface area contributed by atoms with Crippen molar-refractivity contribution in [3.63, 3.8) is 0 Å². The summed E-state index contributed by atoms with van der Waals surface area (Å²) in [5.74, 6) is -0.0707. The van der Waals surface area contributed by atoms with E-state index >= 15 is 0 Å². The second kappa shape index (κ2) is 3.80. The van der Waals surface area contributed by atoms with Gasteiger partial charge in [-0.05, 0) is 6.92 Å². The molecule has 0 radical (unpaired) electrons. The van der Waals surface area contributed by atoms with Crippen LogP contribution in [0.15, 0.2) is 25.0 Å². The minimum absolute atomic E-state index is 0.0688. The van der Waals surface area contributed by atoms with Crippen molar-refractivity contribution in [2.45, 2.75) is 13.0 Å². The molecule has 4 heteroatoms. The van der Waals surface area contributed by atoms with Crippen LogP contribution in [0.1, 0.15) is 6.92 Å². The predicted molar refractivity (Wildman–Crippen MR) is 45.3 cm³/mol. The number of hydrogen-bond donors (Lipinski definition) is 1. The summed E-state index contributed by atoms with van der Waals surface area (Å²) in [6.45, 7) is 5.48. The number of nitrogens with zero attached hydrogens (tertiary/aromatic N) is 2. The van der Waals surface area contributed by atoms with Crippen molar-refractivity contribution in [2.75, 3.05) is 5.32 Å². The van der Waals surface area contributed by atoms with Crippen molar-refractivity contribution >= 4 is 5.82 Å². The van der Waals surface area contributed by atoms with Gasteiger partial charge in [-0.25, -0.2) is 9.97 Å². The summed E-state index contributed by atoms with van der Waals surface area (Å²) in [6, 6.07) is 1.30. The molecule has 0 saturated heterocycles. The molecule has 64 valence electrons. The molecule has 1 unspecified atom stereocenters. The summed E-state index contributed by atoms with van der Waals surface area (Å²) >= 11 is 0. The molecule has 0 aromatic carbocycles. The number of nitrogens with one attached hydrogen (secondary N) is 1. The summed E-state index contributed by atoms with van der Waals surface area (Å²) in [5, 5.41) is 2.92. The van der Waals surface area contributed by atoms with Crippen LogP contribution in [0.5, 0.6) is 0 Å². The van der Waals surface area contributed by atoms with Crippen molar-refractivity contribution in [2.24, 2.45) is 0 Å². The zero-order chi connectivity index (χ0) is 8.97. The average Bonchev–Trinajstić information content (AvgIpc) is 2.04. The SMILES string of the molecule is C=CC(C)Nc1cc(F)ncn1. The molecule has 1 atom stereocenters. The maximum Gasteiger partial charge on any atom is 0.217 e. The third-order valence-electron chi connectivity index (χ3n) is 1.36. The van der Waals surface area contributed by atoms with E-state index in [-0.39, 0.29) is 6.04 Å². The Balaban J connectivity index is 2.69. The van der Waals surface area contributed by atoms with Gasteiger partial charge in [-0.3, -0.25) is 0 Å². The topological polar surface area (TPSA) is 37.8 Å². The summed E-state index contributed by atoms with van der Waals surface area (Å²) in [6.07, 6.45) is 2.88. The monoisotopic (exact) mass is 167 g/mol. The van der Waals surface area contributed by atoms with Crippen LogP contribution in [0.25, 0.3) is 0 Å². The van der Waals surface area contributed by atoms with Crippen molar-refractivity contribution in [1.29, 1.82) is 0 Å². The average molecular weight is 167 g/mol. The molecule has 0 aliphatic rings. The molecule has 0 bridgehead atoms. The van der Waals surface area contributed by atoms with Crippen LogP contribution >= 0.6 is 0 Å². The lowest BCUT2D eigenvalue weighted by Gasteiger charge is -2.08. The molecular formula is C8H10FN3. The fourth-order valence-electron chi connectivity index (χ4n) is 0.705. The summed E-state index contributed by atoms with van der Waals surface area (Å²) < 4.78 is 12.5. The van der Waals surface area contributed by atoms with Gasteiger partial charge in [-0.15, -0.1) is 6.58 Å². The van der Waals surface area contributed by atoms with Crippen molar-refractivity contribution in [3.05, 3.63) is 31.0 Å². The van der Waals surface area contributed by atoms with Gasteiger partial charge in [-0.1, -0.05) is 6.08 Å². The van der Waals surface area contributed by atoms with Crippen LogP contribution in [0, 0.1) is 5.95 Å².